The molecule has 1 heterocycles. The number of hydrogen-bond acceptors (Lipinski definition) is 7. The molecular weight excluding hydrogens is 474 g/mol. The van der Waals surface area contributed by atoms with Gasteiger partial charge in [-0.1, -0.05) is 37.3 Å². The molecule has 0 aromatic heterocycles. The van der Waals surface area contributed by atoms with Crippen molar-refractivity contribution in [1.29, 1.82) is 0 Å². The van der Waals surface area contributed by atoms with Crippen molar-refractivity contribution in [2.24, 2.45) is 0 Å². The molecule has 1 N–H and O–H groups in total. The van der Waals surface area contributed by atoms with Gasteiger partial charge < -0.3 is 19.3 Å². The van der Waals surface area contributed by atoms with E-state index in [2.05, 4.69) is 0 Å². The molecule has 8 nitrogen and oxygen atoms in total. The standard InChI is InChI=1S/C29H27NO7/c1-4-14-36-23-12-6-9-20(16-23)27(32)25-26(19-8-5-13-24(15-19)37-18(2)31)30(29(34)28(25)33)21-10-7-11-22(17-21)35-3/h5-13,15-17,26,32H,4,14H2,1-3H3/b27-25+. The van der Waals surface area contributed by atoms with E-state index in [4.69, 9.17) is 14.2 Å². The summed E-state index contributed by atoms with van der Waals surface area (Å²) in [5.74, 6) is -1.24. The summed E-state index contributed by atoms with van der Waals surface area (Å²) in [7, 11) is 1.50. The highest BCUT2D eigenvalue weighted by molar-refractivity contribution is 6.51. The molecule has 1 unspecified atom stereocenters. The van der Waals surface area contributed by atoms with Gasteiger partial charge in [-0.3, -0.25) is 19.3 Å². The first-order valence-corrected chi connectivity index (χ1v) is 11.8. The van der Waals surface area contributed by atoms with Gasteiger partial charge in [0.15, 0.2) is 0 Å². The van der Waals surface area contributed by atoms with Gasteiger partial charge in [0.2, 0.25) is 0 Å². The second-order valence-electron chi connectivity index (χ2n) is 8.41. The molecule has 0 bridgehead atoms. The van der Waals surface area contributed by atoms with Gasteiger partial charge in [0, 0.05) is 24.2 Å². The number of carbonyl (C=O) groups excluding carboxylic acids is 3. The fourth-order valence-electron chi connectivity index (χ4n) is 4.20. The van der Waals surface area contributed by atoms with Crippen molar-refractivity contribution in [3.8, 4) is 17.2 Å². The van der Waals surface area contributed by atoms with E-state index in [0.717, 1.165) is 6.42 Å². The number of anilines is 1. The minimum Gasteiger partial charge on any atom is -0.507 e. The number of ketones is 1. The van der Waals surface area contributed by atoms with Crippen molar-refractivity contribution in [1.82, 2.24) is 0 Å². The summed E-state index contributed by atoms with van der Waals surface area (Å²) >= 11 is 0. The molecule has 3 aromatic carbocycles. The number of nitrogens with zero attached hydrogens (tertiary/aromatic N) is 1. The molecule has 1 atom stereocenters. The fraction of sp³-hybridized carbons (Fsp3) is 0.207. The number of amides is 1. The van der Waals surface area contributed by atoms with Gasteiger partial charge in [-0.2, -0.15) is 0 Å². The van der Waals surface area contributed by atoms with Gasteiger partial charge in [-0.25, -0.2) is 0 Å². The summed E-state index contributed by atoms with van der Waals surface area (Å²) in [4.78, 5) is 39.7. The van der Waals surface area contributed by atoms with Crippen LogP contribution in [0.2, 0.25) is 0 Å². The van der Waals surface area contributed by atoms with Crippen LogP contribution in [0.25, 0.3) is 5.76 Å². The lowest BCUT2D eigenvalue weighted by Crippen LogP contribution is -2.29. The highest BCUT2D eigenvalue weighted by Gasteiger charge is 2.47. The Kier molecular flexibility index (Phi) is 7.57. The Morgan fingerprint density at radius 1 is 0.946 bits per heavy atom. The second-order valence-corrected chi connectivity index (χ2v) is 8.41. The summed E-state index contributed by atoms with van der Waals surface area (Å²) in [6.07, 6.45) is 0.806. The van der Waals surface area contributed by atoms with Gasteiger partial charge in [-0.15, -0.1) is 0 Å². The van der Waals surface area contributed by atoms with Gasteiger partial charge >= 0.3 is 5.97 Å². The van der Waals surface area contributed by atoms with E-state index in [1.807, 2.05) is 6.92 Å². The van der Waals surface area contributed by atoms with Gasteiger partial charge in [0.25, 0.3) is 11.7 Å². The molecule has 0 saturated carbocycles. The predicted octanol–water partition coefficient (Wildman–Crippen LogP) is 5.04. The first-order chi connectivity index (χ1) is 17.8. The van der Waals surface area contributed by atoms with E-state index in [9.17, 15) is 19.5 Å². The molecule has 0 radical (unpaired) electrons. The molecule has 8 heteroatoms. The van der Waals surface area contributed by atoms with Crippen LogP contribution in [0, 0.1) is 0 Å². The zero-order valence-corrected chi connectivity index (χ0v) is 20.8. The molecule has 3 aromatic rings. The maximum atomic E-state index is 13.4. The third-order valence-electron chi connectivity index (χ3n) is 5.79. The van der Waals surface area contributed by atoms with Crippen molar-refractivity contribution in [2.45, 2.75) is 26.3 Å². The Labute approximate surface area is 214 Å². The lowest BCUT2D eigenvalue weighted by Gasteiger charge is -2.26. The molecule has 4 rings (SSSR count). The van der Waals surface area contributed by atoms with Crippen LogP contribution in [0.1, 0.15) is 37.4 Å². The maximum absolute atomic E-state index is 13.4. The second kappa shape index (κ2) is 11.0. The average molecular weight is 502 g/mol. The average Bonchev–Trinajstić information content (AvgIpc) is 3.17. The van der Waals surface area contributed by atoms with E-state index in [1.54, 1.807) is 72.8 Å². The Morgan fingerprint density at radius 2 is 1.65 bits per heavy atom. The lowest BCUT2D eigenvalue weighted by molar-refractivity contribution is -0.132. The van der Waals surface area contributed by atoms with Crippen LogP contribution in [-0.4, -0.2) is 36.5 Å². The Hall–Kier alpha value is -4.59. The molecule has 1 aliphatic rings. The molecule has 1 aliphatic heterocycles. The first-order valence-electron chi connectivity index (χ1n) is 11.8. The largest absolute Gasteiger partial charge is 0.507 e. The van der Waals surface area contributed by atoms with Crippen LogP contribution >= 0.6 is 0 Å². The van der Waals surface area contributed by atoms with Gasteiger partial charge in [-0.05, 0) is 48.4 Å². The molecule has 190 valence electrons. The maximum Gasteiger partial charge on any atom is 0.308 e. The number of aliphatic hydroxyl groups is 1. The SMILES string of the molecule is CCCOc1cccc(/C(O)=C2\C(=O)C(=O)N(c3cccc(OC)c3)C2c2cccc(OC(C)=O)c2)c1. The Balaban J connectivity index is 1.91. The number of benzene rings is 3. The topological polar surface area (TPSA) is 102 Å². The summed E-state index contributed by atoms with van der Waals surface area (Å²) in [6, 6.07) is 19.0. The van der Waals surface area contributed by atoms with Gasteiger partial charge in [0.1, 0.15) is 23.0 Å². The van der Waals surface area contributed by atoms with E-state index in [1.165, 1.54) is 18.9 Å². The third kappa shape index (κ3) is 5.33. The lowest BCUT2D eigenvalue weighted by atomic mass is 9.95. The number of ether oxygens (including phenoxy) is 3. The Bertz CT molecular complexity index is 1380. The van der Waals surface area contributed by atoms with Crippen LogP contribution in [0.5, 0.6) is 17.2 Å². The molecule has 1 saturated heterocycles. The monoisotopic (exact) mass is 501 g/mol. The van der Waals surface area contributed by atoms with Crippen LogP contribution in [0.3, 0.4) is 0 Å². The third-order valence-corrected chi connectivity index (χ3v) is 5.79. The number of rotatable bonds is 8. The van der Waals surface area contributed by atoms with Crippen molar-refractivity contribution >= 4 is 29.1 Å². The molecule has 1 amide bonds. The van der Waals surface area contributed by atoms with Crippen LogP contribution < -0.4 is 19.1 Å². The van der Waals surface area contributed by atoms with Crippen molar-refractivity contribution < 1.29 is 33.7 Å². The van der Waals surface area contributed by atoms with E-state index in [0.29, 0.717) is 34.9 Å². The van der Waals surface area contributed by atoms with Crippen molar-refractivity contribution in [3.63, 3.8) is 0 Å². The highest BCUT2D eigenvalue weighted by atomic mass is 16.5. The van der Waals surface area contributed by atoms with Crippen LogP contribution in [0.4, 0.5) is 5.69 Å². The summed E-state index contributed by atoms with van der Waals surface area (Å²) < 4.78 is 16.2. The normalized spacial score (nSPS) is 16.5. The van der Waals surface area contributed by atoms with E-state index >= 15 is 0 Å². The number of esters is 1. The number of carbonyl (C=O) groups is 3. The van der Waals surface area contributed by atoms with Crippen LogP contribution in [0.15, 0.2) is 78.4 Å². The number of aliphatic hydroxyl groups excluding tert-OH is 1. The van der Waals surface area contributed by atoms with E-state index < -0.39 is 23.7 Å². The minimum absolute atomic E-state index is 0.0968. The molecule has 37 heavy (non-hydrogen) atoms. The summed E-state index contributed by atoms with van der Waals surface area (Å²) in [6.45, 7) is 3.75. The van der Waals surface area contributed by atoms with Gasteiger partial charge in [0.05, 0.1) is 25.3 Å². The summed E-state index contributed by atoms with van der Waals surface area (Å²) in [5, 5.41) is 11.4. The molecular formula is C29H27NO7. The predicted molar refractivity (Wildman–Crippen MR) is 138 cm³/mol. The number of hydrogen-bond donors (Lipinski definition) is 1. The zero-order chi connectivity index (χ0) is 26.5. The Morgan fingerprint density at radius 3 is 2.38 bits per heavy atom. The van der Waals surface area contributed by atoms with Crippen molar-refractivity contribution in [2.75, 3.05) is 18.6 Å². The first kappa shape index (κ1) is 25.5. The van der Waals surface area contributed by atoms with E-state index in [-0.39, 0.29) is 17.1 Å². The number of methoxy groups -OCH3 is 1. The minimum atomic E-state index is -0.997. The summed E-state index contributed by atoms with van der Waals surface area (Å²) in [5.41, 5.74) is 1.11. The fourth-order valence-corrected chi connectivity index (χ4v) is 4.20. The zero-order valence-electron chi connectivity index (χ0n) is 20.8. The highest BCUT2D eigenvalue weighted by Crippen LogP contribution is 2.43. The quantitative estimate of drug-likeness (QED) is 0.152. The molecule has 0 aliphatic carbocycles. The number of Topliss-reactive ketones (excluding diaryl/α,β-unsaturated/α-hetero) is 1. The van der Waals surface area contributed by atoms with Crippen LogP contribution in [-0.2, 0) is 14.4 Å². The van der Waals surface area contributed by atoms with Crippen molar-refractivity contribution in [3.05, 3.63) is 89.5 Å². The molecule has 1 fully saturated rings. The molecule has 0 spiro atoms. The smallest absolute Gasteiger partial charge is 0.308 e.